The Morgan fingerprint density at radius 1 is 0.579 bits per heavy atom. The highest BCUT2D eigenvalue weighted by atomic mass is 16.2. The van der Waals surface area contributed by atoms with Crippen LogP contribution < -0.4 is 21.3 Å². The lowest BCUT2D eigenvalue weighted by molar-refractivity contribution is -0.117. The number of anilines is 2. The molecule has 8 heteroatoms. The van der Waals surface area contributed by atoms with Crippen LogP contribution in [0.1, 0.15) is 99.8 Å². The molecule has 2 rings (SSSR count). The zero-order valence-electron chi connectivity index (χ0n) is 23.1. The van der Waals surface area contributed by atoms with Crippen LogP contribution in [0.25, 0.3) is 0 Å². The van der Waals surface area contributed by atoms with Crippen molar-refractivity contribution >= 4 is 35.0 Å². The summed E-state index contributed by atoms with van der Waals surface area (Å²) in [7, 11) is 0. The number of carbonyl (C=O) groups is 4. The maximum atomic E-state index is 12.3. The van der Waals surface area contributed by atoms with Gasteiger partial charge in [-0.1, -0.05) is 37.8 Å². The second-order valence-electron chi connectivity index (χ2n) is 10.1. The zero-order chi connectivity index (χ0) is 27.9. The average Bonchev–Trinajstić information content (AvgIpc) is 2.85. The van der Waals surface area contributed by atoms with Crippen molar-refractivity contribution in [3.8, 4) is 0 Å². The fourth-order valence-corrected chi connectivity index (χ4v) is 3.89. The molecule has 0 saturated carbocycles. The summed E-state index contributed by atoms with van der Waals surface area (Å²) in [5.74, 6) is -0.439. The maximum Gasteiger partial charge on any atom is 0.251 e. The zero-order valence-corrected chi connectivity index (χ0v) is 23.1. The molecule has 0 aliphatic carbocycles. The van der Waals surface area contributed by atoms with Gasteiger partial charge in [-0.15, -0.1) is 0 Å². The van der Waals surface area contributed by atoms with Crippen molar-refractivity contribution in [3.63, 3.8) is 0 Å². The first kappa shape index (κ1) is 30.5. The minimum atomic E-state index is -0.158. The summed E-state index contributed by atoms with van der Waals surface area (Å²) in [5, 5.41) is 11.4. The van der Waals surface area contributed by atoms with E-state index in [2.05, 4.69) is 21.3 Å². The van der Waals surface area contributed by atoms with Crippen molar-refractivity contribution in [3.05, 3.63) is 59.7 Å². The summed E-state index contributed by atoms with van der Waals surface area (Å²) in [6.07, 6.45) is 6.35. The van der Waals surface area contributed by atoms with Crippen molar-refractivity contribution in [2.75, 3.05) is 10.6 Å². The molecule has 8 nitrogen and oxygen atoms in total. The van der Waals surface area contributed by atoms with E-state index in [9.17, 15) is 19.2 Å². The molecule has 0 atom stereocenters. The lowest BCUT2D eigenvalue weighted by Gasteiger charge is -2.10. The van der Waals surface area contributed by atoms with Gasteiger partial charge in [0.2, 0.25) is 11.8 Å². The summed E-state index contributed by atoms with van der Waals surface area (Å²) >= 11 is 0. The largest absolute Gasteiger partial charge is 0.350 e. The van der Waals surface area contributed by atoms with Gasteiger partial charge >= 0.3 is 0 Å². The number of unbranched alkanes of at least 4 members (excludes halogenated alkanes) is 5. The fraction of sp³-hybridized carbons (Fsp3) is 0.467. The van der Waals surface area contributed by atoms with Gasteiger partial charge in [0.1, 0.15) is 0 Å². The van der Waals surface area contributed by atoms with Crippen LogP contribution in [-0.2, 0) is 9.59 Å². The van der Waals surface area contributed by atoms with Crippen LogP contribution in [0.5, 0.6) is 0 Å². The number of nitrogens with one attached hydrogen (secondary N) is 4. The summed E-state index contributed by atoms with van der Waals surface area (Å²) in [6.45, 7) is 7.61. The van der Waals surface area contributed by atoms with Crippen molar-refractivity contribution in [2.24, 2.45) is 0 Å². The second kappa shape index (κ2) is 16.2. The number of hydrogen-bond donors (Lipinski definition) is 4. The molecule has 0 bridgehead atoms. The molecule has 0 aromatic heterocycles. The molecule has 0 aliphatic rings. The van der Waals surface area contributed by atoms with E-state index in [1.54, 1.807) is 48.5 Å². The lowest BCUT2D eigenvalue weighted by atomic mass is 10.1. The van der Waals surface area contributed by atoms with Gasteiger partial charge in [0, 0.05) is 47.4 Å². The van der Waals surface area contributed by atoms with Crippen molar-refractivity contribution in [1.82, 2.24) is 10.6 Å². The molecule has 0 spiro atoms. The molecule has 0 saturated heterocycles. The Balaban J connectivity index is 1.57. The Hall–Kier alpha value is -3.68. The molecular weight excluding hydrogens is 480 g/mol. The first-order chi connectivity index (χ1) is 18.1. The topological polar surface area (TPSA) is 116 Å². The third-order valence-corrected chi connectivity index (χ3v) is 5.71. The first-order valence-corrected chi connectivity index (χ1v) is 13.6. The Labute approximate surface area is 226 Å². The Kier molecular flexibility index (Phi) is 13.0. The van der Waals surface area contributed by atoms with Crippen molar-refractivity contribution < 1.29 is 19.2 Å². The molecule has 0 radical (unpaired) electrons. The highest BCUT2D eigenvalue weighted by Gasteiger charge is 2.10. The number of carbonyl (C=O) groups excluding carboxylic acids is 4. The normalized spacial score (nSPS) is 10.8. The van der Waals surface area contributed by atoms with E-state index in [1.807, 2.05) is 27.7 Å². The average molecular weight is 523 g/mol. The maximum absolute atomic E-state index is 12.3. The van der Waals surface area contributed by atoms with E-state index >= 15 is 0 Å². The van der Waals surface area contributed by atoms with Gasteiger partial charge in [-0.25, -0.2) is 0 Å². The fourth-order valence-electron chi connectivity index (χ4n) is 3.89. The summed E-state index contributed by atoms with van der Waals surface area (Å²) in [6, 6.07) is 14.0. The molecule has 4 amide bonds. The molecule has 206 valence electrons. The summed E-state index contributed by atoms with van der Waals surface area (Å²) in [5.41, 5.74) is 2.28. The van der Waals surface area contributed by atoms with E-state index in [4.69, 9.17) is 0 Å². The summed E-state index contributed by atoms with van der Waals surface area (Å²) < 4.78 is 0. The van der Waals surface area contributed by atoms with Crippen LogP contribution in [0.2, 0.25) is 0 Å². The van der Waals surface area contributed by atoms with Crippen LogP contribution in [0.3, 0.4) is 0 Å². The van der Waals surface area contributed by atoms with Gasteiger partial charge in [-0.3, -0.25) is 19.2 Å². The van der Waals surface area contributed by atoms with Crippen LogP contribution in [-0.4, -0.2) is 35.7 Å². The molecule has 0 aliphatic heterocycles. The monoisotopic (exact) mass is 522 g/mol. The van der Waals surface area contributed by atoms with E-state index in [0.29, 0.717) is 35.3 Å². The Morgan fingerprint density at radius 2 is 0.947 bits per heavy atom. The predicted octanol–water partition coefficient (Wildman–Crippen LogP) is 5.66. The third-order valence-electron chi connectivity index (χ3n) is 5.71. The van der Waals surface area contributed by atoms with Gasteiger partial charge in [-0.2, -0.15) is 0 Å². The molecular formula is C30H42N4O4. The van der Waals surface area contributed by atoms with Crippen LogP contribution in [0.4, 0.5) is 11.4 Å². The molecule has 0 unspecified atom stereocenters. The SMILES string of the molecule is CC(C)NC(=O)c1cccc(NC(=O)CCCCCCCCC(=O)Nc2cccc(C(=O)NC(C)C)c2)c1. The number of rotatable bonds is 15. The van der Waals surface area contributed by atoms with E-state index in [1.165, 1.54) is 0 Å². The minimum absolute atomic E-state index is 0.0472. The quantitative estimate of drug-likeness (QED) is 0.226. The molecule has 38 heavy (non-hydrogen) atoms. The lowest BCUT2D eigenvalue weighted by Crippen LogP contribution is -2.30. The molecule has 4 N–H and O–H groups in total. The highest BCUT2D eigenvalue weighted by Crippen LogP contribution is 2.15. The molecule has 2 aromatic rings. The van der Waals surface area contributed by atoms with Gasteiger partial charge in [0.25, 0.3) is 11.8 Å². The van der Waals surface area contributed by atoms with Crippen molar-refractivity contribution in [1.29, 1.82) is 0 Å². The van der Waals surface area contributed by atoms with E-state index in [0.717, 1.165) is 38.5 Å². The molecule has 2 aromatic carbocycles. The van der Waals surface area contributed by atoms with E-state index in [-0.39, 0.29) is 35.7 Å². The van der Waals surface area contributed by atoms with Crippen molar-refractivity contribution in [2.45, 2.75) is 91.1 Å². The molecule has 0 fully saturated rings. The first-order valence-electron chi connectivity index (χ1n) is 13.6. The third kappa shape index (κ3) is 12.0. The highest BCUT2D eigenvalue weighted by molar-refractivity contribution is 5.98. The second-order valence-corrected chi connectivity index (χ2v) is 10.1. The predicted molar refractivity (Wildman–Crippen MR) is 152 cm³/mol. The van der Waals surface area contributed by atoms with E-state index < -0.39 is 0 Å². The van der Waals surface area contributed by atoms with Crippen LogP contribution in [0, 0.1) is 0 Å². The number of benzene rings is 2. The standard InChI is InChI=1S/C30H42N4O4/c1-21(2)31-29(37)23-13-11-15-25(19-23)33-27(35)17-9-7-5-6-8-10-18-28(36)34-26-16-12-14-24(20-26)30(38)32-22(3)4/h11-16,19-22H,5-10,17-18H2,1-4H3,(H,31,37)(H,32,38)(H,33,35)(H,34,36). The van der Waals surface area contributed by atoms with Gasteiger partial charge in [-0.05, 0) is 76.9 Å². The molecule has 0 heterocycles. The number of hydrogen-bond acceptors (Lipinski definition) is 4. The van der Waals surface area contributed by atoms with Crippen LogP contribution >= 0.6 is 0 Å². The smallest absolute Gasteiger partial charge is 0.251 e. The Bertz CT molecular complexity index is 996. The van der Waals surface area contributed by atoms with Gasteiger partial charge in [0.05, 0.1) is 0 Å². The number of amides is 4. The van der Waals surface area contributed by atoms with Gasteiger partial charge in [0.15, 0.2) is 0 Å². The van der Waals surface area contributed by atoms with Crippen LogP contribution in [0.15, 0.2) is 48.5 Å². The summed E-state index contributed by atoms with van der Waals surface area (Å²) in [4.78, 5) is 48.8. The minimum Gasteiger partial charge on any atom is -0.350 e. The Morgan fingerprint density at radius 3 is 1.32 bits per heavy atom. The van der Waals surface area contributed by atoms with Gasteiger partial charge < -0.3 is 21.3 Å².